The van der Waals surface area contributed by atoms with Crippen molar-refractivity contribution in [1.82, 2.24) is 0 Å². The highest BCUT2D eigenvalue weighted by Gasteiger charge is 1.92. The molecule has 0 saturated carbocycles. The molecule has 0 radical (unpaired) electrons. The zero-order chi connectivity index (χ0) is 10.4. The normalized spacial score (nSPS) is 5.67. The predicted octanol–water partition coefficient (Wildman–Crippen LogP) is 2.85. The molecule has 0 spiro atoms. The second-order valence-electron chi connectivity index (χ2n) is 1.15. The van der Waals surface area contributed by atoms with Crippen LogP contribution in [0.1, 0.15) is 6.42 Å². The highest BCUT2D eigenvalue weighted by atomic mass is 16.5. The van der Waals surface area contributed by atoms with Crippen LogP contribution >= 0.6 is 0 Å². The van der Waals surface area contributed by atoms with Crippen molar-refractivity contribution in [3.63, 3.8) is 0 Å². The maximum Gasteiger partial charge on any atom is 0.314 e. The third kappa shape index (κ3) is 23.7. The maximum atomic E-state index is 10.3. The highest BCUT2D eigenvalue weighted by Crippen LogP contribution is 1.84. The molecule has 0 aromatic rings. The van der Waals surface area contributed by atoms with Crippen LogP contribution in [0, 0.1) is 0 Å². The van der Waals surface area contributed by atoms with Crippen LogP contribution in [0.15, 0.2) is 51.8 Å². The number of rotatable bonds is 3. The molecule has 0 heterocycles. The molecule has 0 rings (SSSR count). The van der Waals surface area contributed by atoms with E-state index >= 15 is 0 Å². The average molecular weight is 168 g/mol. The summed E-state index contributed by atoms with van der Waals surface area (Å²) in [4.78, 5) is 10.3. The van der Waals surface area contributed by atoms with Gasteiger partial charge in [0.1, 0.15) is 0 Å². The zero-order valence-electron chi connectivity index (χ0n) is 7.42. The summed E-state index contributed by atoms with van der Waals surface area (Å²) in [5.41, 5.74) is 0. The van der Waals surface area contributed by atoms with Crippen molar-refractivity contribution in [2.45, 2.75) is 6.42 Å². The summed E-state index contributed by atoms with van der Waals surface area (Å²) in [5, 5.41) is 0. The first-order valence-electron chi connectivity index (χ1n) is 3.22. The Hall–Kier alpha value is -1.57. The van der Waals surface area contributed by atoms with E-state index in [0.29, 0.717) is 0 Å². The Balaban J connectivity index is -0.000000175. The second kappa shape index (κ2) is 22.7. The van der Waals surface area contributed by atoms with Crippen LogP contribution in [0.25, 0.3) is 0 Å². The minimum Gasteiger partial charge on any atom is -0.435 e. The number of hydrogen-bond donors (Lipinski definition) is 0. The first kappa shape index (κ1) is 16.8. The topological polar surface area (TPSA) is 26.3 Å². The maximum absolute atomic E-state index is 10.3. The van der Waals surface area contributed by atoms with Crippen LogP contribution < -0.4 is 0 Å². The van der Waals surface area contributed by atoms with Gasteiger partial charge in [0.05, 0.1) is 12.7 Å². The molecule has 0 aromatic carbocycles. The number of hydrogen-bond acceptors (Lipinski definition) is 2. The van der Waals surface area contributed by atoms with Gasteiger partial charge in [0.2, 0.25) is 0 Å². The van der Waals surface area contributed by atoms with E-state index in [9.17, 15) is 4.79 Å². The lowest BCUT2D eigenvalue weighted by atomic mass is 10.4. The van der Waals surface area contributed by atoms with Gasteiger partial charge in [-0.25, -0.2) is 0 Å². The van der Waals surface area contributed by atoms with E-state index < -0.39 is 0 Å². The van der Waals surface area contributed by atoms with Crippen LogP contribution in [0.2, 0.25) is 0 Å². The first-order valence-corrected chi connectivity index (χ1v) is 3.22. The first-order chi connectivity index (χ1) is 5.81. The number of ether oxygens (including phenoxy) is 1. The van der Waals surface area contributed by atoms with Gasteiger partial charge < -0.3 is 4.74 Å². The molecule has 68 valence electrons. The van der Waals surface area contributed by atoms with Gasteiger partial charge in [-0.3, -0.25) is 4.79 Å². The molecule has 0 fully saturated rings. The molecule has 12 heavy (non-hydrogen) atoms. The third-order valence-corrected chi connectivity index (χ3v) is 0.526. The van der Waals surface area contributed by atoms with E-state index in [4.69, 9.17) is 0 Å². The van der Waals surface area contributed by atoms with Gasteiger partial charge in [0, 0.05) is 0 Å². The van der Waals surface area contributed by atoms with Gasteiger partial charge >= 0.3 is 5.97 Å². The van der Waals surface area contributed by atoms with Crippen molar-refractivity contribution >= 4 is 5.97 Å². The summed E-state index contributed by atoms with van der Waals surface area (Å²) in [6, 6.07) is 0. The van der Waals surface area contributed by atoms with Crippen molar-refractivity contribution in [1.29, 1.82) is 0 Å². The summed E-state index contributed by atoms with van der Waals surface area (Å²) in [6.45, 7) is 18.6. The fourth-order valence-corrected chi connectivity index (χ4v) is 0.259. The number of esters is 1. The van der Waals surface area contributed by atoms with Gasteiger partial charge in [-0.1, -0.05) is 12.7 Å². The fraction of sp³-hybridized carbons (Fsp3) is 0.100. The summed E-state index contributed by atoms with van der Waals surface area (Å²) in [6.07, 6.45) is 2.82. The Morgan fingerprint density at radius 1 is 1.17 bits per heavy atom. The lowest BCUT2D eigenvalue weighted by Gasteiger charge is -1.89. The molecule has 0 bridgehead atoms. The van der Waals surface area contributed by atoms with E-state index in [1.165, 1.54) is 6.08 Å². The largest absolute Gasteiger partial charge is 0.435 e. The lowest BCUT2D eigenvalue weighted by Crippen LogP contribution is -1.95. The Kier molecular flexibility index (Phi) is 31.8. The molecule has 0 amide bonds. The Labute approximate surface area is 74.6 Å². The smallest absolute Gasteiger partial charge is 0.314 e. The molecule has 2 heteroatoms. The monoisotopic (exact) mass is 168 g/mol. The molecule has 0 unspecified atom stereocenters. The molecule has 0 aliphatic heterocycles. The van der Waals surface area contributed by atoms with E-state index in [1.54, 1.807) is 0 Å². The van der Waals surface area contributed by atoms with Crippen LogP contribution in [0.3, 0.4) is 0 Å². The molecule has 0 aromatic heterocycles. The van der Waals surface area contributed by atoms with Gasteiger partial charge in [0.15, 0.2) is 0 Å². The van der Waals surface area contributed by atoms with Gasteiger partial charge in [-0.15, -0.1) is 32.9 Å². The Morgan fingerprint density at radius 2 is 1.58 bits per heavy atom. The van der Waals surface area contributed by atoms with E-state index in [2.05, 4.69) is 44.2 Å². The lowest BCUT2D eigenvalue weighted by molar-refractivity contribution is -0.136. The van der Waals surface area contributed by atoms with Crippen LogP contribution in [0.5, 0.6) is 0 Å². The highest BCUT2D eigenvalue weighted by molar-refractivity contribution is 5.71. The molecule has 0 saturated heterocycles. The van der Waals surface area contributed by atoms with E-state index in [1.807, 2.05) is 0 Å². The number of carbonyl (C=O) groups excluding carboxylic acids is 1. The SMILES string of the molecule is C=C.C=C.C=CCC(=O)OC=C. The predicted molar refractivity (Wildman–Crippen MR) is 53.6 cm³/mol. The summed E-state index contributed by atoms with van der Waals surface area (Å²) >= 11 is 0. The van der Waals surface area contributed by atoms with Gasteiger partial charge in [-0.2, -0.15) is 0 Å². The molecule has 0 N–H and O–H groups in total. The average Bonchev–Trinajstić information content (AvgIpc) is 2.12. The Morgan fingerprint density at radius 3 is 1.83 bits per heavy atom. The van der Waals surface area contributed by atoms with Crippen LogP contribution in [-0.4, -0.2) is 5.97 Å². The molecule has 0 aliphatic rings. The summed E-state index contributed by atoms with van der Waals surface area (Å²) in [7, 11) is 0. The fourth-order valence-electron chi connectivity index (χ4n) is 0.259. The van der Waals surface area contributed by atoms with Gasteiger partial charge in [-0.05, 0) is 0 Å². The minimum atomic E-state index is -0.324. The van der Waals surface area contributed by atoms with E-state index in [-0.39, 0.29) is 12.4 Å². The van der Waals surface area contributed by atoms with Crippen molar-refractivity contribution < 1.29 is 9.53 Å². The quantitative estimate of drug-likeness (QED) is 0.368. The molecule has 2 nitrogen and oxygen atoms in total. The van der Waals surface area contributed by atoms with Crippen LogP contribution in [0.4, 0.5) is 0 Å². The van der Waals surface area contributed by atoms with Crippen molar-refractivity contribution in [2.75, 3.05) is 0 Å². The van der Waals surface area contributed by atoms with E-state index in [0.717, 1.165) is 6.26 Å². The van der Waals surface area contributed by atoms with Crippen molar-refractivity contribution in [2.24, 2.45) is 0 Å². The van der Waals surface area contributed by atoms with Crippen molar-refractivity contribution in [3.05, 3.63) is 51.8 Å². The molecular formula is C10H16O2. The summed E-state index contributed by atoms with van der Waals surface area (Å²) in [5.74, 6) is -0.324. The van der Waals surface area contributed by atoms with Gasteiger partial charge in [0.25, 0.3) is 0 Å². The Bertz CT molecular complexity index is 114. The molecule has 0 atom stereocenters. The minimum absolute atomic E-state index is 0.242. The van der Waals surface area contributed by atoms with Crippen molar-refractivity contribution in [3.8, 4) is 0 Å². The molecule has 0 aliphatic carbocycles. The third-order valence-electron chi connectivity index (χ3n) is 0.526. The standard InChI is InChI=1S/C6H8O2.2C2H4/c1-3-5-6(7)8-4-2;2*1-2/h3-4H,1-2,5H2;2*1-2H2. The zero-order valence-corrected chi connectivity index (χ0v) is 7.42. The van der Waals surface area contributed by atoms with Crippen LogP contribution in [-0.2, 0) is 9.53 Å². The second-order valence-corrected chi connectivity index (χ2v) is 1.15. The number of carbonyl (C=O) groups is 1. The molecular weight excluding hydrogens is 152 g/mol. The summed E-state index contributed by atoms with van der Waals surface area (Å²) < 4.78 is 4.34.